The summed E-state index contributed by atoms with van der Waals surface area (Å²) in [6.07, 6.45) is 1.18. The topological polar surface area (TPSA) is 84.0 Å². The monoisotopic (exact) mass is 398 g/mol. The van der Waals surface area contributed by atoms with Gasteiger partial charge in [-0.15, -0.1) is 11.3 Å². The molecule has 0 aliphatic carbocycles. The van der Waals surface area contributed by atoms with Gasteiger partial charge in [-0.3, -0.25) is 9.59 Å². The highest BCUT2D eigenvalue weighted by Gasteiger charge is 2.16. The molecule has 3 aromatic rings. The number of nitrogens with zero attached hydrogens (tertiary/aromatic N) is 2. The Labute approximate surface area is 165 Å². The third kappa shape index (κ3) is 4.98. The molecule has 28 heavy (non-hydrogen) atoms. The van der Waals surface area contributed by atoms with Crippen LogP contribution in [0.25, 0.3) is 0 Å². The van der Waals surface area contributed by atoms with Crippen molar-refractivity contribution in [3.63, 3.8) is 0 Å². The quantitative estimate of drug-likeness (QED) is 0.667. The van der Waals surface area contributed by atoms with E-state index < -0.39 is 5.91 Å². The Morgan fingerprint density at radius 3 is 2.39 bits per heavy atom. The van der Waals surface area contributed by atoms with Gasteiger partial charge in [-0.25, -0.2) is 14.4 Å². The average molecular weight is 398 g/mol. The van der Waals surface area contributed by atoms with E-state index in [1.54, 1.807) is 23.5 Å². The van der Waals surface area contributed by atoms with Gasteiger partial charge in [-0.1, -0.05) is 12.1 Å². The van der Waals surface area contributed by atoms with E-state index in [-0.39, 0.29) is 35.7 Å². The van der Waals surface area contributed by atoms with Crippen molar-refractivity contribution in [3.05, 3.63) is 81.3 Å². The lowest BCUT2D eigenvalue weighted by atomic mass is 10.2. The number of hydrogen-bond donors (Lipinski definition) is 2. The Bertz CT molecular complexity index is 988. The van der Waals surface area contributed by atoms with Crippen molar-refractivity contribution in [1.82, 2.24) is 20.6 Å². The molecule has 2 heterocycles. The van der Waals surface area contributed by atoms with Gasteiger partial charge < -0.3 is 10.6 Å². The lowest BCUT2D eigenvalue weighted by Crippen LogP contribution is -2.28. The van der Waals surface area contributed by atoms with E-state index in [0.29, 0.717) is 0 Å². The molecule has 1 atom stereocenters. The molecule has 0 aliphatic rings. The summed E-state index contributed by atoms with van der Waals surface area (Å²) in [5.74, 6) is -1.16. The lowest BCUT2D eigenvalue weighted by molar-refractivity contribution is 0.0935. The van der Waals surface area contributed by atoms with Gasteiger partial charge in [0, 0.05) is 22.4 Å². The molecule has 1 aromatic carbocycles. The van der Waals surface area contributed by atoms with Crippen LogP contribution < -0.4 is 10.6 Å². The van der Waals surface area contributed by atoms with Crippen LogP contribution in [-0.2, 0) is 6.54 Å². The van der Waals surface area contributed by atoms with Crippen molar-refractivity contribution in [2.75, 3.05) is 0 Å². The molecular formula is C20H19FN4O2S. The zero-order valence-corrected chi connectivity index (χ0v) is 16.2. The number of amides is 2. The molecule has 144 valence electrons. The van der Waals surface area contributed by atoms with Gasteiger partial charge in [-0.05, 0) is 43.7 Å². The number of hydrogen-bond acceptors (Lipinski definition) is 5. The van der Waals surface area contributed by atoms with Crippen LogP contribution in [0.4, 0.5) is 4.39 Å². The molecule has 0 aliphatic heterocycles. The van der Waals surface area contributed by atoms with Gasteiger partial charge in [0.15, 0.2) is 0 Å². The maximum atomic E-state index is 12.9. The van der Waals surface area contributed by atoms with Gasteiger partial charge in [0.05, 0.1) is 6.04 Å². The largest absolute Gasteiger partial charge is 0.347 e. The number of aryl methyl sites for hydroxylation is 1. The molecule has 2 amide bonds. The molecule has 0 unspecified atom stereocenters. The van der Waals surface area contributed by atoms with Crippen LogP contribution in [-0.4, -0.2) is 21.8 Å². The SMILES string of the molecule is Cc1ccc([C@H](C)NC(=O)c2cc(C(=O)NCc3ccc(F)cc3)ncn2)s1. The summed E-state index contributed by atoms with van der Waals surface area (Å²) in [6.45, 7) is 4.12. The minimum absolute atomic E-state index is 0.0851. The number of halogens is 1. The highest BCUT2D eigenvalue weighted by atomic mass is 32.1. The maximum absolute atomic E-state index is 12.9. The molecule has 0 radical (unpaired) electrons. The van der Waals surface area contributed by atoms with Gasteiger partial charge in [0.25, 0.3) is 11.8 Å². The van der Waals surface area contributed by atoms with E-state index in [1.165, 1.54) is 29.4 Å². The molecule has 8 heteroatoms. The number of carbonyl (C=O) groups excluding carboxylic acids is 2. The van der Waals surface area contributed by atoms with Gasteiger partial charge in [0.1, 0.15) is 23.5 Å². The fourth-order valence-electron chi connectivity index (χ4n) is 2.51. The minimum Gasteiger partial charge on any atom is -0.347 e. The zero-order valence-electron chi connectivity index (χ0n) is 15.4. The van der Waals surface area contributed by atoms with Crippen molar-refractivity contribution in [2.24, 2.45) is 0 Å². The summed E-state index contributed by atoms with van der Waals surface area (Å²) in [6, 6.07) is 11.0. The smallest absolute Gasteiger partial charge is 0.270 e. The van der Waals surface area contributed by atoms with Gasteiger partial charge in [0.2, 0.25) is 0 Å². The van der Waals surface area contributed by atoms with Gasteiger partial charge >= 0.3 is 0 Å². The molecule has 6 nitrogen and oxygen atoms in total. The van der Waals surface area contributed by atoms with Crippen LogP contribution >= 0.6 is 11.3 Å². The Balaban J connectivity index is 1.62. The second-order valence-electron chi connectivity index (χ2n) is 6.24. The van der Waals surface area contributed by atoms with E-state index in [2.05, 4.69) is 20.6 Å². The molecule has 0 spiro atoms. The number of carbonyl (C=O) groups is 2. The number of rotatable bonds is 6. The first-order valence-corrected chi connectivity index (χ1v) is 9.46. The highest BCUT2D eigenvalue weighted by Crippen LogP contribution is 2.22. The van der Waals surface area contributed by atoms with E-state index in [4.69, 9.17) is 0 Å². The first-order valence-electron chi connectivity index (χ1n) is 8.64. The number of benzene rings is 1. The molecule has 2 N–H and O–H groups in total. The maximum Gasteiger partial charge on any atom is 0.270 e. The number of aromatic nitrogens is 2. The van der Waals surface area contributed by atoms with Crippen molar-refractivity contribution in [3.8, 4) is 0 Å². The number of nitrogens with one attached hydrogen (secondary N) is 2. The van der Waals surface area contributed by atoms with Gasteiger partial charge in [-0.2, -0.15) is 0 Å². The third-order valence-electron chi connectivity index (χ3n) is 4.03. The fourth-order valence-corrected chi connectivity index (χ4v) is 3.39. The van der Waals surface area contributed by atoms with Crippen LogP contribution in [0.2, 0.25) is 0 Å². The minimum atomic E-state index is -0.442. The zero-order chi connectivity index (χ0) is 20.1. The van der Waals surface area contributed by atoms with Crippen LogP contribution in [0.5, 0.6) is 0 Å². The average Bonchev–Trinajstić information content (AvgIpc) is 3.14. The van der Waals surface area contributed by atoms with E-state index in [1.807, 2.05) is 26.0 Å². The standard InChI is InChI=1S/C20H19FN4O2S/c1-12-3-8-18(28-12)13(2)25-20(27)17-9-16(23-11-24-17)19(26)22-10-14-4-6-15(21)7-5-14/h3-9,11,13H,10H2,1-2H3,(H,22,26)(H,25,27)/t13-/m0/s1. The summed E-state index contributed by atoms with van der Waals surface area (Å²) in [5.41, 5.74) is 0.950. The van der Waals surface area contributed by atoms with E-state index in [0.717, 1.165) is 10.4 Å². The lowest BCUT2D eigenvalue weighted by Gasteiger charge is -2.12. The fraction of sp³-hybridized carbons (Fsp3) is 0.200. The Hall–Kier alpha value is -3.13. The molecule has 0 fully saturated rings. The van der Waals surface area contributed by atoms with Crippen LogP contribution in [0.1, 0.15) is 49.3 Å². The first-order chi connectivity index (χ1) is 13.4. The van der Waals surface area contributed by atoms with Crippen molar-refractivity contribution < 1.29 is 14.0 Å². The Kier molecular flexibility index (Phi) is 6.10. The molecular weight excluding hydrogens is 379 g/mol. The summed E-state index contributed by atoms with van der Waals surface area (Å²) in [4.78, 5) is 34.8. The van der Waals surface area contributed by atoms with E-state index >= 15 is 0 Å². The third-order valence-corrected chi connectivity index (χ3v) is 5.22. The molecule has 0 saturated carbocycles. The predicted octanol–water partition coefficient (Wildman–Crippen LogP) is 3.41. The first kappa shape index (κ1) is 19.6. The van der Waals surface area contributed by atoms with E-state index in [9.17, 15) is 14.0 Å². The van der Waals surface area contributed by atoms with Crippen LogP contribution in [0.3, 0.4) is 0 Å². The second kappa shape index (κ2) is 8.71. The van der Waals surface area contributed by atoms with Crippen LogP contribution in [0, 0.1) is 12.7 Å². The molecule has 0 bridgehead atoms. The van der Waals surface area contributed by atoms with Crippen molar-refractivity contribution in [1.29, 1.82) is 0 Å². The summed E-state index contributed by atoms with van der Waals surface area (Å²) >= 11 is 1.61. The molecule has 3 rings (SSSR count). The normalized spacial score (nSPS) is 11.7. The second-order valence-corrected chi connectivity index (χ2v) is 7.56. The molecule has 2 aromatic heterocycles. The Morgan fingerprint density at radius 2 is 1.75 bits per heavy atom. The van der Waals surface area contributed by atoms with Crippen molar-refractivity contribution in [2.45, 2.75) is 26.4 Å². The van der Waals surface area contributed by atoms with Crippen LogP contribution in [0.15, 0.2) is 48.8 Å². The molecule has 0 saturated heterocycles. The Morgan fingerprint density at radius 1 is 1.07 bits per heavy atom. The predicted molar refractivity (Wildman–Crippen MR) is 105 cm³/mol. The highest BCUT2D eigenvalue weighted by molar-refractivity contribution is 7.12. The summed E-state index contributed by atoms with van der Waals surface area (Å²) < 4.78 is 12.9. The summed E-state index contributed by atoms with van der Waals surface area (Å²) in [7, 11) is 0. The van der Waals surface area contributed by atoms with Crippen molar-refractivity contribution >= 4 is 23.2 Å². The number of thiophene rings is 1. The summed E-state index contributed by atoms with van der Waals surface area (Å²) in [5, 5.41) is 5.56.